The van der Waals surface area contributed by atoms with Gasteiger partial charge in [-0.05, 0) is 42.8 Å². The molecular formula is C17H24N2S. The highest BCUT2D eigenvalue weighted by Crippen LogP contribution is 2.35. The van der Waals surface area contributed by atoms with E-state index in [0.29, 0.717) is 6.54 Å². The molecule has 0 spiro atoms. The molecule has 20 heavy (non-hydrogen) atoms. The van der Waals surface area contributed by atoms with Gasteiger partial charge in [-0.25, -0.2) is 0 Å². The predicted molar refractivity (Wildman–Crippen MR) is 88.1 cm³/mol. The van der Waals surface area contributed by atoms with Crippen LogP contribution < -0.4 is 5.73 Å². The van der Waals surface area contributed by atoms with Gasteiger partial charge in [-0.3, -0.25) is 4.90 Å². The van der Waals surface area contributed by atoms with Gasteiger partial charge in [-0.15, -0.1) is 11.3 Å². The van der Waals surface area contributed by atoms with Crippen molar-refractivity contribution < 1.29 is 0 Å². The Bertz CT molecular complexity index is 571. The molecule has 2 N–H and O–H groups in total. The lowest BCUT2D eigenvalue weighted by Gasteiger charge is -2.22. The van der Waals surface area contributed by atoms with Crippen molar-refractivity contribution in [3.8, 4) is 0 Å². The van der Waals surface area contributed by atoms with E-state index >= 15 is 0 Å². The van der Waals surface area contributed by atoms with E-state index in [1.165, 1.54) is 52.8 Å². The average Bonchev–Trinajstić information content (AvgIpc) is 3.26. The fraction of sp³-hybridized carbons (Fsp3) is 0.529. The molecule has 2 aromatic rings. The zero-order valence-corrected chi connectivity index (χ0v) is 13.1. The summed E-state index contributed by atoms with van der Waals surface area (Å²) in [5, 5.41) is 1.42. The highest BCUT2D eigenvalue weighted by atomic mass is 32.1. The first kappa shape index (κ1) is 14.1. The molecule has 1 aromatic carbocycles. The van der Waals surface area contributed by atoms with Crippen LogP contribution in [0.25, 0.3) is 10.1 Å². The van der Waals surface area contributed by atoms with E-state index in [1.54, 1.807) is 0 Å². The zero-order chi connectivity index (χ0) is 13.9. The Balaban J connectivity index is 1.87. The quantitative estimate of drug-likeness (QED) is 0.830. The van der Waals surface area contributed by atoms with Crippen molar-refractivity contribution in [2.45, 2.75) is 51.7 Å². The first-order valence-corrected chi connectivity index (χ1v) is 8.58. The van der Waals surface area contributed by atoms with Crippen molar-refractivity contribution in [3.63, 3.8) is 0 Å². The molecule has 0 aliphatic heterocycles. The van der Waals surface area contributed by atoms with Crippen molar-refractivity contribution in [2.75, 3.05) is 6.54 Å². The maximum absolute atomic E-state index is 5.97. The first-order chi connectivity index (χ1) is 9.83. The number of unbranched alkanes of at least 4 members (excludes halogenated alkanes) is 1. The molecule has 0 radical (unpaired) electrons. The molecule has 1 fully saturated rings. The van der Waals surface area contributed by atoms with Gasteiger partial charge in [-0.2, -0.15) is 0 Å². The Labute approximate surface area is 125 Å². The van der Waals surface area contributed by atoms with Gasteiger partial charge in [0.1, 0.15) is 0 Å². The molecule has 0 atom stereocenters. The average molecular weight is 288 g/mol. The van der Waals surface area contributed by atoms with E-state index in [-0.39, 0.29) is 0 Å². The lowest BCUT2D eigenvalue weighted by molar-refractivity contribution is 0.251. The van der Waals surface area contributed by atoms with Crippen LogP contribution in [0.4, 0.5) is 0 Å². The van der Waals surface area contributed by atoms with Gasteiger partial charge in [0.15, 0.2) is 0 Å². The standard InChI is InChI=1S/C17H24N2S/c1-2-3-10-19(13-8-9-13)12-15-14-6-4-5-7-16(14)20-17(15)11-18/h4-7,13H,2-3,8-12,18H2,1H3. The third-order valence-electron chi connectivity index (χ3n) is 4.19. The van der Waals surface area contributed by atoms with Crippen molar-refractivity contribution in [1.82, 2.24) is 4.90 Å². The Morgan fingerprint density at radius 1 is 1.30 bits per heavy atom. The van der Waals surface area contributed by atoms with E-state index in [9.17, 15) is 0 Å². The largest absolute Gasteiger partial charge is 0.326 e. The summed E-state index contributed by atoms with van der Waals surface area (Å²) in [6.07, 6.45) is 5.33. The normalized spacial score (nSPS) is 15.3. The molecule has 0 amide bonds. The first-order valence-electron chi connectivity index (χ1n) is 7.77. The van der Waals surface area contributed by atoms with Crippen LogP contribution in [0.1, 0.15) is 43.0 Å². The summed E-state index contributed by atoms with van der Waals surface area (Å²) in [5.74, 6) is 0. The Morgan fingerprint density at radius 2 is 2.10 bits per heavy atom. The molecule has 108 valence electrons. The van der Waals surface area contributed by atoms with Crippen LogP contribution in [0.15, 0.2) is 24.3 Å². The predicted octanol–water partition coefficient (Wildman–Crippen LogP) is 4.12. The minimum Gasteiger partial charge on any atom is -0.326 e. The van der Waals surface area contributed by atoms with Gasteiger partial charge >= 0.3 is 0 Å². The molecule has 0 unspecified atom stereocenters. The molecule has 3 rings (SSSR count). The fourth-order valence-electron chi connectivity index (χ4n) is 2.88. The van der Waals surface area contributed by atoms with E-state index in [4.69, 9.17) is 5.73 Å². The number of nitrogens with two attached hydrogens (primary N) is 1. The minimum absolute atomic E-state index is 0.668. The van der Waals surface area contributed by atoms with Crippen LogP contribution in [0.2, 0.25) is 0 Å². The molecule has 1 aromatic heterocycles. The maximum Gasteiger partial charge on any atom is 0.0349 e. The highest BCUT2D eigenvalue weighted by molar-refractivity contribution is 7.19. The summed E-state index contributed by atoms with van der Waals surface area (Å²) in [6.45, 7) is 5.26. The van der Waals surface area contributed by atoms with Crippen LogP contribution in [-0.4, -0.2) is 17.5 Å². The number of nitrogens with zero attached hydrogens (tertiary/aromatic N) is 1. The summed E-state index contributed by atoms with van der Waals surface area (Å²) in [7, 11) is 0. The third kappa shape index (κ3) is 2.90. The smallest absolute Gasteiger partial charge is 0.0349 e. The third-order valence-corrected chi connectivity index (χ3v) is 5.43. The minimum atomic E-state index is 0.668. The number of hydrogen-bond donors (Lipinski definition) is 1. The lowest BCUT2D eigenvalue weighted by atomic mass is 10.1. The second-order valence-electron chi connectivity index (χ2n) is 5.76. The van der Waals surface area contributed by atoms with E-state index in [0.717, 1.165) is 12.6 Å². The SMILES string of the molecule is CCCCN(Cc1c(CN)sc2ccccc12)C1CC1. The van der Waals surface area contributed by atoms with Crippen LogP contribution in [0.5, 0.6) is 0 Å². The summed E-state index contributed by atoms with van der Waals surface area (Å²) in [5.41, 5.74) is 7.46. The zero-order valence-electron chi connectivity index (χ0n) is 12.3. The van der Waals surface area contributed by atoms with Gasteiger partial charge in [-0.1, -0.05) is 31.5 Å². The summed E-state index contributed by atoms with van der Waals surface area (Å²) >= 11 is 1.87. The molecule has 2 nitrogen and oxygen atoms in total. The number of hydrogen-bond acceptors (Lipinski definition) is 3. The van der Waals surface area contributed by atoms with Gasteiger partial charge < -0.3 is 5.73 Å². The molecule has 1 saturated carbocycles. The number of thiophene rings is 1. The molecule has 3 heteroatoms. The van der Waals surface area contributed by atoms with Gasteiger partial charge in [0, 0.05) is 28.7 Å². The van der Waals surface area contributed by atoms with E-state index in [1.807, 2.05) is 11.3 Å². The van der Waals surface area contributed by atoms with Crippen molar-refractivity contribution in [3.05, 3.63) is 34.7 Å². The second-order valence-corrected chi connectivity index (χ2v) is 6.90. The summed E-state index contributed by atoms with van der Waals surface area (Å²) in [4.78, 5) is 4.05. The van der Waals surface area contributed by atoms with Crippen molar-refractivity contribution in [2.24, 2.45) is 5.73 Å². The molecule has 1 heterocycles. The molecule has 0 saturated heterocycles. The van der Waals surface area contributed by atoms with Crippen LogP contribution >= 0.6 is 11.3 Å². The molecular weight excluding hydrogens is 264 g/mol. The number of rotatable bonds is 7. The second kappa shape index (κ2) is 6.25. The summed E-state index contributed by atoms with van der Waals surface area (Å²) in [6, 6.07) is 9.57. The topological polar surface area (TPSA) is 29.3 Å². The van der Waals surface area contributed by atoms with Crippen molar-refractivity contribution in [1.29, 1.82) is 0 Å². The Hall–Kier alpha value is -0.900. The van der Waals surface area contributed by atoms with Crippen molar-refractivity contribution >= 4 is 21.4 Å². The lowest BCUT2D eigenvalue weighted by Crippen LogP contribution is -2.27. The molecule has 1 aliphatic rings. The number of benzene rings is 1. The summed E-state index contributed by atoms with van der Waals surface area (Å²) < 4.78 is 1.38. The molecule has 1 aliphatic carbocycles. The maximum atomic E-state index is 5.97. The fourth-order valence-corrected chi connectivity index (χ4v) is 3.98. The Morgan fingerprint density at radius 3 is 2.80 bits per heavy atom. The van der Waals surface area contributed by atoms with E-state index < -0.39 is 0 Å². The number of fused-ring (bicyclic) bond motifs is 1. The van der Waals surface area contributed by atoms with Crippen LogP contribution in [-0.2, 0) is 13.1 Å². The van der Waals surface area contributed by atoms with Gasteiger partial charge in [0.05, 0.1) is 0 Å². The van der Waals surface area contributed by atoms with Gasteiger partial charge in [0.25, 0.3) is 0 Å². The van der Waals surface area contributed by atoms with Crippen LogP contribution in [0, 0.1) is 0 Å². The monoisotopic (exact) mass is 288 g/mol. The Kier molecular flexibility index (Phi) is 4.39. The van der Waals surface area contributed by atoms with E-state index in [2.05, 4.69) is 36.1 Å². The van der Waals surface area contributed by atoms with Gasteiger partial charge in [0.2, 0.25) is 0 Å². The van der Waals surface area contributed by atoms with Crippen LogP contribution in [0.3, 0.4) is 0 Å². The molecule has 0 bridgehead atoms. The highest BCUT2D eigenvalue weighted by Gasteiger charge is 2.29.